The first-order valence-electron chi connectivity index (χ1n) is 7.38. The molecule has 0 saturated carbocycles. The second kappa shape index (κ2) is 6.80. The average Bonchev–Trinajstić information content (AvgIpc) is 2.42. The Hall–Kier alpha value is -1.22. The van der Waals surface area contributed by atoms with Crippen molar-refractivity contribution < 1.29 is 4.79 Å². The third kappa shape index (κ3) is 3.87. The van der Waals surface area contributed by atoms with Crippen LogP contribution in [0.15, 0.2) is 18.3 Å². The van der Waals surface area contributed by atoms with Gasteiger partial charge in [0.1, 0.15) is 5.78 Å². The van der Waals surface area contributed by atoms with Crippen LogP contribution in [0.25, 0.3) is 0 Å². The molecular formula is C16H24N2O. The molecule has 0 amide bonds. The summed E-state index contributed by atoms with van der Waals surface area (Å²) < 4.78 is 0. The molecule has 19 heavy (non-hydrogen) atoms. The standard InChI is InChI=1S/C16H24N2O/c1-12(2)17-10-5-9-15(19)14-8-3-6-13-7-4-11-18-16(13)14/h4,7,11-12,14,17H,3,5-6,8-10H2,1-2H3. The molecular weight excluding hydrogens is 236 g/mol. The SMILES string of the molecule is CC(C)NCCCC(=O)C1CCCc2cccnc21. The van der Waals surface area contributed by atoms with Gasteiger partial charge in [-0.2, -0.15) is 0 Å². The minimum atomic E-state index is 0.0454. The van der Waals surface area contributed by atoms with Gasteiger partial charge in [0.05, 0.1) is 11.6 Å². The highest BCUT2D eigenvalue weighted by Crippen LogP contribution is 2.31. The molecule has 0 spiro atoms. The molecule has 0 aliphatic heterocycles. The Balaban J connectivity index is 1.90. The maximum Gasteiger partial charge on any atom is 0.141 e. The van der Waals surface area contributed by atoms with Crippen LogP contribution in [0.1, 0.15) is 56.7 Å². The van der Waals surface area contributed by atoms with E-state index in [9.17, 15) is 4.79 Å². The van der Waals surface area contributed by atoms with Gasteiger partial charge in [-0.3, -0.25) is 9.78 Å². The topological polar surface area (TPSA) is 42.0 Å². The summed E-state index contributed by atoms with van der Waals surface area (Å²) in [6.45, 7) is 5.18. The highest BCUT2D eigenvalue weighted by molar-refractivity contribution is 5.85. The van der Waals surface area contributed by atoms with Crippen LogP contribution in [-0.4, -0.2) is 23.4 Å². The maximum absolute atomic E-state index is 12.3. The smallest absolute Gasteiger partial charge is 0.141 e. The highest BCUT2D eigenvalue weighted by atomic mass is 16.1. The summed E-state index contributed by atoms with van der Waals surface area (Å²) in [5.74, 6) is 0.411. The number of aromatic nitrogens is 1. The summed E-state index contributed by atoms with van der Waals surface area (Å²) in [7, 11) is 0. The number of carbonyl (C=O) groups is 1. The number of ketones is 1. The van der Waals surface area contributed by atoms with E-state index in [1.807, 2.05) is 12.3 Å². The molecule has 104 valence electrons. The van der Waals surface area contributed by atoms with Crippen molar-refractivity contribution in [2.45, 2.75) is 57.9 Å². The van der Waals surface area contributed by atoms with Crippen molar-refractivity contribution in [2.24, 2.45) is 0 Å². The summed E-state index contributed by atoms with van der Waals surface area (Å²) >= 11 is 0. The van der Waals surface area contributed by atoms with Crippen LogP contribution < -0.4 is 5.32 Å². The number of hydrogen-bond acceptors (Lipinski definition) is 3. The number of Topliss-reactive ketones (excluding diaryl/α,β-unsaturated/α-hetero) is 1. The fraction of sp³-hybridized carbons (Fsp3) is 0.625. The maximum atomic E-state index is 12.3. The summed E-state index contributed by atoms with van der Waals surface area (Å²) in [6, 6.07) is 4.58. The van der Waals surface area contributed by atoms with Gasteiger partial charge >= 0.3 is 0 Å². The van der Waals surface area contributed by atoms with Crippen molar-refractivity contribution in [3.05, 3.63) is 29.6 Å². The van der Waals surface area contributed by atoms with Gasteiger partial charge in [-0.05, 0) is 43.9 Å². The van der Waals surface area contributed by atoms with Gasteiger partial charge in [0.2, 0.25) is 0 Å². The predicted molar refractivity (Wildman–Crippen MR) is 77.3 cm³/mol. The van der Waals surface area contributed by atoms with E-state index in [0.717, 1.165) is 37.9 Å². The molecule has 0 fully saturated rings. The van der Waals surface area contributed by atoms with E-state index >= 15 is 0 Å². The molecule has 0 bridgehead atoms. The van der Waals surface area contributed by atoms with E-state index in [2.05, 4.69) is 30.2 Å². The van der Waals surface area contributed by atoms with Gasteiger partial charge in [-0.15, -0.1) is 0 Å². The first kappa shape index (κ1) is 14.2. The number of carbonyl (C=O) groups excluding carboxylic acids is 1. The normalized spacial score (nSPS) is 18.4. The molecule has 1 aliphatic carbocycles. The van der Waals surface area contributed by atoms with Crippen molar-refractivity contribution in [1.29, 1.82) is 0 Å². The Labute approximate surface area is 115 Å². The molecule has 1 aromatic rings. The fourth-order valence-electron chi connectivity index (χ4n) is 2.75. The van der Waals surface area contributed by atoms with Crippen molar-refractivity contribution >= 4 is 5.78 Å². The molecule has 1 aliphatic rings. The lowest BCUT2D eigenvalue weighted by molar-refractivity contribution is -0.121. The van der Waals surface area contributed by atoms with Gasteiger partial charge in [0, 0.05) is 18.7 Å². The fourth-order valence-corrected chi connectivity index (χ4v) is 2.75. The third-order valence-electron chi connectivity index (χ3n) is 3.74. The van der Waals surface area contributed by atoms with Crippen LogP contribution in [0.5, 0.6) is 0 Å². The summed E-state index contributed by atoms with van der Waals surface area (Å²) in [5, 5.41) is 3.36. The zero-order valence-electron chi connectivity index (χ0n) is 12.0. The van der Waals surface area contributed by atoms with Crippen molar-refractivity contribution in [3.8, 4) is 0 Å². The predicted octanol–water partition coefficient (Wildman–Crippen LogP) is 2.85. The van der Waals surface area contributed by atoms with Gasteiger partial charge in [0.15, 0.2) is 0 Å². The van der Waals surface area contributed by atoms with Crippen LogP contribution in [0.3, 0.4) is 0 Å². The molecule has 0 radical (unpaired) electrons. The zero-order valence-corrected chi connectivity index (χ0v) is 12.0. The van der Waals surface area contributed by atoms with Gasteiger partial charge in [0.25, 0.3) is 0 Å². The lowest BCUT2D eigenvalue weighted by atomic mass is 9.83. The number of aryl methyl sites for hydroxylation is 1. The second-order valence-electron chi connectivity index (χ2n) is 5.67. The van der Waals surface area contributed by atoms with Crippen LogP contribution in [0.4, 0.5) is 0 Å². The summed E-state index contributed by atoms with van der Waals surface area (Å²) in [5.41, 5.74) is 2.31. The number of hydrogen-bond donors (Lipinski definition) is 1. The second-order valence-corrected chi connectivity index (χ2v) is 5.67. The minimum absolute atomic E-state index is 0.0454. The average molecular weight is 260 g/mol. The van der Waals surface area contributed by atoms with Crippen LogP contribution in [-0.2, 0) is 11.2 Å². The summed E-state index contributed by atoms with van der Waals surface area (Å²) in [4.78, 5) is 16.8. The van der Waals surface area contributed by atoms with Crippen molar-refractivity contribution in [3.63, 3.8) is 0 Å². The zero-order chi connectivity index (χ0) is 13.7. The molecule has 2 rings (SSSR count). The largest absolute Gasteiger partial charge is 0.315 e. The van der Waals surface area contributed by atoms with E-state index in [-0.39, 0.29) is 5.92 Å². The molecule has 1 N–H and O–H groups in total. The van der Waals surface area contributed by atoms with Crippen LogP contribution in [0, 0.1) is 0 Å². The van der Waals surface area contributed by atoms with Gasteiger partial charge < -0.3 is 5.32 Å². The van der Waals surface area contributed by atoms with Crippen molar-refractivity contribution in [1.82, 2.24) is 10.3 Å². The molecule has 1 heterocycles. The molecule has 3 heteroatoms. The van der Waals surface area contributed by atoms with E-state index in [1.54, 1.807) is 0 Å². The Morgan fingerprint density at radius 1 is 1.53 bits per heavy atom. The molecule has 1 unspecified atom stereocenters. The van der Waals surface area contributed by atoms with E-state index < -0.39 is 0 Å². The number of pyridine rings is 1. The summed E-state index contributed by atoms with van der Waals surface area (Å²) in [6.07, 6.45) is 6.56. The number of nitrogens with zero attached hydrogens (tertiary/aromatic N) is 1. The molecule has 0 aromatic carbocycles. The van der Waals surface area contributed by atoms with Crippen molar-refractivity contribution in [2.75, 3.05) is 6.54 Å². The lowest BCUT2D eigenvalue weighted by Gasteiger charge is -2.23. The van der Waals surface area contributed by atoms with Crippen LogP contribution >= 0.6 is 0 Å². The monoisotopic (exact) mass is 260 g/mol. The highest BCUT2D eigenvalue weighted by Gasteiger charge is 2.26. The third-order valence-corrected chi connectivity index (χ3v) is 3.74. The first-order chi connectivity index (χ1) is 9.18. The minimum Gasteiger partial charge on any atom is -0.315 e. The van der Waals surface area contributed by atoms with E-state index in [1.165, 1.54) is 5.56 Å². The van der Waals surface area contributed by atoms with Gasteiger partial charge in [-0.1, -0.05) is 19.9 Å². The molecule has 3 nitrogen and oxygen atoms in total. The molecule has 0 saturated heterocycles. The van der Waals surface area contributed by atoms with Gasteiger partial charge in [-0.25, -0.2) is 0 Å². The number of nitrogens with one attached hydrogen (secondary N) is 1. The Kier molecular flexibility index (Phi) is 5.08. The first-order valence-corrected chi connectivity index (χ1v) is 7.38. The Morgan fingerprint density at radius 2 is 2.37 bits per heavy atom. The number of fused-ring (bicyclic) bond motifs is 1. The van der Waals surface area contributed by atoms with E-state index in [4.69, 9.17) is 0 Å². The van der Waals surface area contributed by atoms with E-state index in [0.29, 0.717) is 18.2 Å². The molecule has 1 atom stereocenters. The molecule has 1 aromatic heterocycles. The van der Waals surface area contributed by atoms with Crippen LogP contribution in [0.2, 0.25) is 0 Å². The number of rotatable bonds is 6. The Morgan fingerprint density at radius 3 is 3.16 bits per heavy atom. The Bertz CT molecular complexity index is 429. The quantitative estimate of drug-likeness (QED) is 0.800. The lowest BCUT2D eigenvalue weighted by Crippen LogP contribution is -2.25.